The maximum atomic E-state index is 14.5. The maximum absolute atomic E-state index is 14.5. The van der Waals surface area contributed by atoms with Crippen LogP contribution in [0.2, 0.25) is 0 Å². The monoisotopic (exact) mass is 417 g/mol. The Labute approximate surface area is 167 Å². The Morgan fingerprint density at radius 1 is 1.24 bits per heavy atom. The smallest absolute Gasteiger partial charge is 0.345 e. The first-order valence-electron chi connectivity index (χ1n) is 9.81. The number of pyridine rings is 1. The van der Waals surface area contributed by atoms with Crippen LogP contribution >= 0.6 is 0 Å². The Hall–Kier alpha value is -2.07. The van der Waals surface area contributed by atoms with Crippen LogP contribution in [-0.2, 0) is 16.1 Å². The summed E-state index contributed by atoms with van der Waals surface area (Å²) in [7, 11) is 1.40. The molecule has 0 unspecified atom stereocenters. The molecule has 0 aromatic carbocycles. The van der Waals surface area contributed by atoms with E-state index in [-0.39, 0.29) is 36.4 Å². The van der Waals surface area contributed by atoms with Gasteiger partial charge in [0.2, 0.25) is 11.8 Å². The van der Waals surface area contributed by atoms with Crippen molar-refractivity contribution in [2.24, 2.45) is 0 Å². The number of carbonyl (C=O) groups excluding carboxylic acids is 1. The van der Waals surface area contributed by atoms with Crippen molar-refractivity contribution in [2.45, 2.75) is 69.9 Å². The first kappa shape index (κ1) is 21.6. The van der Waals surface area contributed by atoms with Crippen molar-refractivity contribution in [3.8, 4) is 11.8 Å². The number of nitrogens with one attached hydrogen (secondary N) is 2. The molecule has 29 heavy (non-hydrogen) atoms. The highest BCUT2D eigenvalue weighted by molar-refractivity contribution is 5.82. The Morgan fingerprint density at radius 2 is 1.97 bits per heavy atom. The minimum absolute atomic E-state index is 0.0838. The van der Waals surface area contributed by atoms with Gasteiger partial charge in [0.15, 0.2) is 5.82 Å². The molecule has 1 saturated heterocycles. The van der Waals surface area contributed by atoms with Crippen LogP contribution in [0.15, 0.2) is 6.07 Å². The van der Waals surface area contributed by atoms with Gasteiger partial charge in [0.25, 0.3) is 5.88 Å². The number of carbonyl (C=O) groups is 1. The summed E-state index contributed by atoms with van der Waals surface area (Å²) in [6.07, 6.45) is 2.62. The molecule has 2 aliphatic rings. The zero-order valence-corrected chi connectivity index (χ0v) is 16.3. The van der Waals surface area contributed by atoms with E-state index in [4.69, 9.17) is 9.47 Å². The number of ether oxygens (including phenoxy) is 3. The summed E-state index contributed by atoms with van der Waals surface area (Å²) in [6, 6.07) is 1.00. The predicted molar refractivity (Wildman–Crippen MR) is 97.4 cm³/mol. The van der Waals surface area contributed by atoms with Gasteiger partial charge in [0, 0.05) is 12.1 Å². The number of alkyl halides is 2. The third kappa shape index (κ3) is 5.96. The highest BCUT2D eigenvalue weighted by atomic mass is 19.3. The van der Waals surface area contributed by atoms with E-state index in [1.165, 1.54) is 13.2 Å². The number of halogens is 3. The molecule has 1 saturated carbocycles. The molecule has 2 heterocycles. The third-order valence-corrected chi connectivity index (χ3v) is 5.20. The van der Waals surface area contributed by atoms with Gasteiger partial charge in [-0.3, -0.25) is 4.79 Å². The van der Waals surface area contributed by atoms with Crippen molar-refractivity contribution in [3.05, 3.63) is 17.4 Å². The average molecular weight is 417 g/mol. The van der Waals surface area contributed by atoms with Gasteiger partial charge in [-0.1, -0.05) is 0 Å². The Balaban J connectivity index is 1.57. The molecule has 1 atom stereocenters. The van der Waals surface area contributed by atoms with Crippen molar-refractivity contribution in [2.75, 3.05) is 13.7 Å². The summed E-state index contributed by atoms with van der Waals surface area (Å²) in [5.41, 5.74) is 0.401. The lowest BCUT2D eigenvalue weighted by atomic mass is 9.95. The fourth-order valence-electron chi connectivity index (χ4n) is 3.68. The molecule has 0 bridgehead atoms. The van der Waals surface area contributed by atoms with E-state index in [2.05, 4.69) is 20.4 Å². The highest BCUT2D eigenvalue weighted by Crippen LogP contribution is 2.29. The number of hydrogen-bond donors (Lipinski definition) is 2. The SMILES string of the molecule is COc1nc(OC2CCC(OC(F)F)CC2)c(F)cc1CNC(=O)[C@@H]1CCCN1. The molecule has 1 aliphatic heterocycles. The number of aromatic nitrogens is 1. The molecule has 1 aliphatic carbocycles. The molecule has 2 fully saturated rings. The van der Waals surface area contributed by atoms with Crippen LogP contribution in [-0.4, -0.2) is 49.4 Å². The summed E-state index contributed by atoms with van der Waals surface area (Å²) in [5.74, 6) is -0.850. The molecule has 1 aromatic heterocycles. The van der Waals surface area contributed by atoms with Crippen molar-refractivity contribution in [1.29, 1.82) is 0 Å². The number of methoxy groups -OCH3 is 1. The fourth-order valence-corrected chi connectivity index (χ4v) is 3.68. The molecule has 7 nitrogen and oxygen atoms in total. The van der Waals surface area contributed by atoms with Crippen LogP contribution in [0.4, 0.5) is 13.2 Å². The number of nitrogens with zero attached hydrogens (tertiary/aromatic N) is 1. The highest BCUT2D eigenvalue weighted by Gasteiger charge is 2.27. The zero-order chi connectivity index (χ0) is 20.8. The third-order valence-electron chi connectivity index (χ3n) is 5.20. The van der Waals surface area contributed by atoms with Crippen LogP contribution in [0.25, 0.3) is 0 Å². The van der Waals surface area contributed by atoms with E-state index in [1.807, 2.05) is 0 Å². The second-order valence-electron chi connectivity index (χ2n) is 7.22. The van der Waals surface area contributed by atoms with E-state index >= 15 is 0 Å². The molecule has 1 aromatic rings. The Kier molecular flexibility index (Phi) is 7.54. The lowest BCUT2D eigenvalue weighted by Crippen LogP contribution is -2.40. The van der Waals surface area contributed by atoms with Crippen molar-refractivity contribution < 1.29 is 32.2 Å². The summed E-state index contributed by atoms with van der Waals surface area (Å²) in [6.45, 7) is -1.90. The number of amides is 1. The van der Waals surface area contributed by atoms with Crippen molar-refractivity contribution >= 4 is 5.91 Å². The van der Waals surface area contributed by atoms with Gasteiger partial charge in [-0.05, 0) is 51.1 Å². The minimum Gasteiger partial charge on any atom is -0.481 e. The van der Waals surface area contributed by atoms with Crippen molar-refractivity contribution in [1.82, 2.24) is 15.6 Å². The molecular formula is C19H26F3N3O4. The van der Waals surface area contributed by atoms with Gasteiger partial charge in [-0.15, -0.1) is 0 Å². The standard InChI is InChI=1S/C19H26F3N3O4/c1-27-17-11(10-24-16(26)15-3-2-8-23-15)9-14(20)18(25-17)28-12-4-6-13(7-5-12)29-19(21)22/h9,12-13,15,19,23H,2-8,10H2,1H3,(H,24,26)/t12?,13?,15-/m0/s1. The quantitative estimate of drug-likeness (QED) is 0.677. The van der Waals surface area contributed by atoms with Crippen LogP contribution < -0.4 is 20.1 Å². The zero-order valence-electron chi connectivity index (χ0n) is 16.3. The second-order valence-corrected chi connectivity index (χ2v) is 7.22. The molecule has 0 spiro atoms. The molecule has 3 rings (SSSR count). The average Bonchev–Trinajstić information content (AvgIpc) is 3.23. The molecule has 10 heteroatoms. The van der Waals surface area contributed by atoms with E-state index in [0.29, 0.717) is 31.2 Å². The number of hydrogen-bond acceptors (Lipinski definition) is 6. The van der Waals surface area contributed by atoms with Gasteiger partial charge in [0.1, 0.15) is 6.10 Å². The summed E-state index contributed by atoms with van der Waals surface area (Å²) in [4.78, 5) is 16.2. The van der Waals surface area contributed by atoms with Gasteiger partial charge in [-0.25, -0.2) is 4.39 Å². The van der Waals surface area contributed by atoms with E-state index in [0.717, 1.165) is 19.4 Å². The normalized spacial score (nSPS) is 24.5. The van der Waals surface area contributed by atoms with Crippen molar-refractivity contribution in [3.63, 3.8) is 0 Å². The molecular weight excluding hydrogens is 391 g/mol. The van der Waals surface area contributed by atoms with E-state index in [1.54, 1.807) is 0 Å². The fraction of sp³-hybridized carbons (Fsp3) is 0.684. The molecule has 162 valence electrons. The van der Waals surface area contributed by atoms with E-state index in [9.17, 15) is 18.0 Å². The Bertz CT molecular complexity index is 694. The predicted octanol–water partition coefficient (Wildman–Crippen LogP) is 2.53. The van der Waals surface area contributed by atoms with Gasteiger partial charge in [0.05, 0.1) is 19.3 Å². The first-order chi connectivity index (χ1) is 14.0. The van der Waals surface area contributed by atoms with Gasteiger partial charge >= 0.3 is 6.61 Å². The molecule has 0 radical (unpaired) electrons. The van der Waals surface area contributed by atoms with Gasteiger partial charge in [-0.2, -0.15) is 13.8 Å². The minimum atomic E-state index is -2.79. The van der Waals surface area contributed by atoms with Crippen LogP contribution in [0.3, 0.4) is 0 Å². The summed E-state index contributed by atoms with van der Waals surface area (Å²) < 4.78 is 54.4. The first-order valence-corrected chi connectivity index (χ1v) is 9.81. The van der Waals surface area contributed by atoms with Crippen LogP contribution in [0.1, 0.15) is 44.1 Å². The topological polar surface area (TPSA) is 81.7 Å². The molecule has 2 N–H and O–H groups in total. The number of rotatable bonds is 8. The summed E-state index contributed by atoms with van der Waals surface area (Å²) >= 11 is 0. The lowest BCUT2D eigenvalue weighted by Gasteiger charge is -2.28. The van der Waals surface area contributed by atoms with Crippen LogP contribution in [0.5, 0.6) is 11.8 Å². The van der Waals surface area contributed by atoms with E-state index < -0.39 is 18.5 Å². The summed E-state index contributed by atoms with van der Waals surface area (Å²) in [5, 5.41) is 5.86. The lowest BCUT2D eigenvalue weighted by molar-refractivity contribution is -0.173. The van der Waals surface area contributed by atoms with Crippen LogP contribution in [0, 0.1) is 5.82 Å². The second kappa shape index (κ2) is 10.1. The molecule has 1 amide bonds. The maximum Gasteiger partial charge on any atom is 0.345 e. The largest absolute Gasteiger partial charge is 0.481 e. The Morgan fingerprint density at radius 3 is 2.59 bits per heavy atom. The van der Waals surface area contributed by atoms with Gasteiger partial charge < -0.3 is 24.8 Å².